The molecule has 0 aliphatic rings. The van der Waals surface area contributed by atoms with Crippen molar-refractivity contribution in [2.45, 2.75) is 26.2 Å². The van der Waals surface area contributed by atoms with E-state index in [0.29, 0.717) is 0 Å². The molecule has 2 aromatic rings. The van der Waals surface area contributed by atoms with Gasteiger partial charge in [-0.2, -0.15) is 0 Å². The maximum absolute atomic E-state index is 5.97. The Morgan fingerprint density at radius 2 is 2.00 bits per heavy atom. The lowest BCUT2D eigenvalue weighted by Crippen LogP contribution is -2.07. The first-order valence-corrected chi connectivity index (χ1v) is 7.26. The van der Waals surface area contributed by atoms with E-state index in [2.05, 4.69) is 17.2 Å². The van der Waals surface area contributed by atoms with Crippen molar-refractivity contribution in [1.82, 2.24) is 4.98 Å². The number of nitrogens with one attached hydrogen (secondary N) is 1. The van der Waals surface area contributed by atoms with Crippen molar-refractivity contribution in [3.63, 3.8) is 0 Å². The summed E-state index contributed by atoms with van der Waals surface area (Å²) in [5, 5.41) is 5.54. The van der Waals surface area contributed by atoms with Crippen LogP contribution in [-0.4, -0.2) is 24.7 Å². The minimum absolute atomic E-state index is 0.788. The molecule has 0 radical (unpaired) electrons. The van der Waals surface area contributed by atoms with E-state index in [0.717, 1.165) is 54.7 Å². The Morgan fingerprint density at radius 3 is 2.85 bits per heavy atom. The van der Waals surface area contributed by atoms with Crippen LogP contribution < -0.4 is 11.1 Å². The molecule has 0 atom stereocenters. The Hall–Kier alpha value is -1.81. The van der Waals surface area contributed by atoms with Crippen molar-refractivity contribution in [3.8, 4) is 0 Å². The highest BCUT2D eigenvalue weighted by Gasteiger charge is 2.03. The maximum atomic E-state index is 5.97. The molecule has 0 aliphatic heterocycles. The highest BCUT2D eigenvalue weighted by Crippen LogP contribution is 2.27. The first kappa shape index (κ1) is 14.6. The summed E-state index contributed by atoms with van der Waals surface area (Å²) in [6, 6.07) is 5.89. The van der Waals surface area contributed by atoms with Gasteiger partial charge in [0.25, 0.3) is 0 Å². The first-order chi connectivity index (χ1) is 9.83. The molecule has 1 aromatic heterocycles. The summed E-state index contributed by atoms with van der Waals surface area (Å²) in [4.78, 5) is 4.17. The number of anilines is 2. The molecule has 0 unspecified atom stereocenters. The van der Waals surface area contributed by atoms with Crippen LogP contribution in [0.25, 0.3) is 10.8 Å². The first-order valence-electron chi connectivity index (χ1n) is 7.26. The Kier molecular flexibility index (Phi) is 5.62. The third-order valence-electron chi connectivity index (χ3n) is 3.27. The minimum Gasteiger partial charge on any atom is -0.398 e. The monoisotopic (exact) mass is 273 g/mol. The van der Waals surface area contributed by atoms with Crippen LogP contribution in [0.15, 0.2) is 30.6 Å². The number of fused-ring (bicyclic) bond motifs is 1. The number of nitrogens with two attached hydrogens (primary N) is 1. The van der Waals surface area contributed by atoms with Crippen molar-refractivity contribution < 1.29 is 4.74 Å². The Morgan fingerprint density at radius 1 is 1.15 bits per heavy atom. The van der Waals surface area contributed by atoms with Crippen LogP contribution in [0.5, 0.6) is 0 Å². The fraction of sp³-hybridized carbons (Fsp3) is 0.438. The molecule has 0 amide bonds. The van der Waals surface area contributed by atoms with Crippen molar-refractivity contribution in [2.75, 3.05) is 30.8 Å². The molecular weight excluding hydrogens is 250 g/mol. The van der Waals surface area contributed by atoms with E-state index in [9.17, 15) is 0 Å². The second-order valence-electron chi connectivity index (χ2n) is 4.87. The van der Waals surface area contributed by atoms with Gasteiger partial charge in [-0.05, 0) is 31.0 Å². The van der Waals surface area contributed by atoms with Crippen molar-refractivity contribution in [1.29, 1.82) is 0 Å². The van der Waals surface area contributed by atoms with E-state index in [1.54, 1.807) is 6.20 Å². The summed E-state index contributed by atoms with van der Waals surface area (Å²) in [6.45, 7) is 4.73. The van der Waals surface area contributed by atoms with Crippen LogP contribution in [0.3, 0.4) is 0 Å². The van der Waals surface area contributed by atoms with Gasteiger partial charge in [0.05, 0.1) is 0 Å². The summed E-state index contributed by atoms with van der Waals surface area (Å²) < 4.78 is 5.55. The van der Waals surface area contributed by atoms with Crippen LogP contribution in [0.4, 0.5) is 11.4 Å². The van der Waals surface area contributed by atoms with E-state index in [1.165, 1.54) is 6.42 Å². The summed E-state index contributed by atoms with van der Waals surface area (Å²) >= 11 is 0. The number of unbranched alkanes of at least 4 members (excludes halogenated alkanes) is 1. The zero-order valence-corrected chi connectivity index (χ0v) is 12.1. The van der Waals surface area contributed by atoms with Crippen LogP contribution in [0, 0.1) is 0 Å². The summed E-state index contributed by atoms with van der Waals surface area (Å²) in [6.07, 6.45) is 6.94. The van der Waals surface area contributed by atoms with Gasteiger partial charge in [0, 0.05) is 54.3 Å². The number of nitrogen functional groups attached to an aromatic ring is 1. The van der Waals surface area contributed by atoms with E-state index >= 15 is 0 Å². The molecule has 4 nitrogen and oxygen atoms in total. The largest absolute Gasteiger partial charge is 0.398 e. The zero-order valence-electron chi connectivity index (χ0n) is 12.1. The third kappa shape index (κ3) is 3.84. The molecule has 1 heterocycles. The van der Waals surface area contributed by atoms with Crippen LogP contribution in [0.2, 0.25) is 0 Å². The fourth-order valence-electron chi connectivity index (χ4n) is 2.11. The van der Waals surface area contributed by atoms with Crippen molar-refractivity contribution >= 4 is 22.1 Å². The van der Waals surface area contributed by atoms with Gasteiger partial charge >= 0.3 is 0 Å². The molecule has 0 spiro atoms. The van der Waals surface area contributed by atoms with Gasteiger partial charge in [0.1, 0.15) is 0 Å². The average Bonchev–Trinajstić information content (AvgIpc) is 2.49. The Labute approximate surface area is 120 Å². The number of rotatable bonds is 8. The molecular formula is C16H23N3O. The zero-order chi connectivity index (χ0) is 14.2. The number of pyridine rings is 1. The number of nitrogens with zero attached hydrogens (tertiary/aromatic N) is 1. The van der Waals surface area contributed by atoms with E-state index in [4.69, 9.17) is 10.5 Å². The fourth-order valence-corrected chi connectivity index (χ4v) is 2.11. The lowest BCUT2D eigenvalue weighted by Gasteiger charge is -2.11. The highest BCUT2D eigenvalue weighted by molar-refractivity contribution is 6.00. The molecule has 2 rings (SSSR count). The van der Waals surface area contributed by atoms with Gasteiger partial charge in [-0.25, -0.2) is 0 Å². The second-order valence-corrected chi connectivity index (χ2v) is 4.87. The number of aromatic nitrogens is 1. The molecule has 0 fully saturated rings. The van der Waals surface area contributed by atoms with Gasteiger partial charge in [-0.15, -0.1) is 0 Å². The lowest BCUT2D eigenvalue weighted by molar-refractivity contribution is 0.131. The molecule has 0 saturated heterocycles. The highest BCUT2D eigenvalue weighted by atomic mass is 16.5. The van der Waals surface area contributed by atoms with Gasteiger partial charge in [0.15, 0.2) is 0 Å². The number of ether oxygens (including phenoxy) is 1. The smallest absolute Gasteiger partial charge is 0.0482 e. The summed E-state index contributed by atoms with van der Waals surface area (Å²) in [7, 11) is 0. The quantitative estimate of drug-likeness (QED) is 0.571. The molecule has 0 bridgehead atoms. The minimum atomic E-state index is 0.788. The lowest BCUT2D eigenvalue weighted by atomic mass is 10.1. The topological polar surface area (TPSA) is 60.2 Å². The SMILES string of the molecule is CCCCOCCCNc1ccc(N)c2ccncc12. The van der Waals surface area contributed by atoms with Crippen LogP contribution >= 0.6 is 0 Å². The normalized spacial score (nSPS) is 10.8. The molecule has 4 heteroatoms. The van der Waals surface area contributed by atoms with Crippen LogP contribution in [-0.2, 0) is 4.74 Å². The Bertz CT molecular complexity index is 542. The molecule has 20 heavy (non-hydrogen) atoms. The maximum Gasteiger partial charge on any atom is 0.0482 e. The number of benzene rings is 1. The molecule has 3 N–H and O–H groups in total. The Balaban J connectivity index is 1.86. The molecule has 0 saturated carbocycles. The predicted octanol–water partition coefficient (Wildman–Crippen LogP) is 3.44. The molecule has 1 aromatic carbocycles. The van der Waals surface area contributed by atoms with E-state index < -0.39 is 0 Å². The standard InChI is InChI=1S/C16H23N3O/c1-2-3-10-20-11-4-8-19-16-6-5-15(17)13-7-9-18-12-14(13)16/h5-7,9,12,19H,2-4,8,10-11,17H2,1H3. The van der Waals surface area contributed by atoms with E-state index in [1.807, 2.05) is 24.4 Å². The van der Waals surface area contributed by atoms with Gasteiger partial charge in [-0.3, -0.25) is 4.98 Å². The summed E-state index contributed by atoms with van der Waals surface area (Å²) in [5.74, 6) is 0. The summed E-state index contributed by atoms with van der Waals surface area (Å²) in [5.41, 5.74) is 7.84. The van der Waals surface area contributed by atoms with E-state index in [-0.39, 0.29) is 0 Å². The van der Waals surface area contributed by atoms with Crippen LogP contribution in [0.1, 0.15) is 26.2 Å². The molecule has 108 valence electrons. The number of hydrogen-bond acceptors (Lipinski definition) is 4. The molecule has 0 aliphatic carbocycles. The average molecular weight is 273 g/mol. The van der Waals surface area contributed by atoms with Gasteiger partial charge in [-0.1, -0.05) is 13.3 Å². The third-order valence-corrected chi connectivity index (χ3v) is 3.27. The van der Waals surface area contributed by atoms with Crippen molar-refractivity contribution in [3.05, 3.63) is 30.6 Å². The van der Waals surface area contributed by atoms with Gasteiger partial charge < -0.3 is 15.8 Å². The predicted molar refractivity (Wildman–Crippen MR) is 85.0 cm³/mol. The van der Waals surface area contributed by atoms with Gasteiger partial charge in [0.2, 0.25) is 0 Å². The number of hydrogen-bond donors (Lipinski definition) is 2. The second kappa shape index (κ2) is 7.70. The van der Waals surface area contributed by atoms with Crippen molar-refractivity contribution in [2.24, 2.45) is 0 Å².